The van der Waals surface area contributed by atoms with E-state index in [2.05, 4.69) is 17.2 Å². The number of unbranched alkanes of at least 4 members (excludes halogenated alkanes) is 1. The number of pyridine rings is 1. The van der Waals surface area contributed by atoms with Gasteiger partial charge in [0.15, 0.2) is 0 Å². The van der Waals surface area contributed by atoms with Crippen molar-refractivity contribution in [1.29, 1.82) is 0 Å². The summed E-state index contributed by atoms with van der Waals surface area (Å²) in [6.45, 7) is 2.78. The van der Waals surface area contributed by atoms with Gasteiger partial charge in [-0.3, -0.25) is 4.79 Å². The highest BCUT2D eigenvalue weighted by Crippen LogP contribution is 2.26. The highest BCUT2D eigenvalue weighted by atomic mass is 16.1. The van der Waals surface area contributed by atoms with Crippen molar-refractivity contribution in [3.05, 3.63) is 78.5 Å². The summed E-state index contributed by atoms with van der Waals surface area (Å²) in [6, 6.07) is 23.9. The fourth-order valence-electron chi connectivity index (χ4n) is 2.67. The maximum Gasteiger partial charge on any atom is 0.269 e. The highest BCUT2D eigenvalue weighted by Gasteiger charge is 2.12. The molecule has 0 fully saturated rings. The van der Waals surface area contributed by atoms with Crippen LogP contribution in [0.2, 0.25) is 0 Å². The molecule has 0 saturated carbocycles. The minimum atomic E-state index is -0.122. The van der Waals surface area contributed by atoms with Crippen LogP contribution in [0.15, 0.2) is 72.8 Å². The first-order chi connectivity index (χ1) is 12.3. The third-order valence-corrected chi connectivity index (χ3v) is 4.05. The molecule has 3 aromatic rings. The van der Waals surface area contributed by atoms with Crippen molar-refractivity contribution in [2.45, 2.75) is 19.8 Å². The van der Waals surface area contributed by atoms with Crippen molar-refractivity contribution in [3.8, 4) is 22.4 Å². The molecule has 126 valence electrons. The molecule has 3 rings (SSSR count). The highest BCUT2D eigenvalue weighted by molar-refractivity contribution is 5.94. The first-order valence-electron chi connectivity index (χ1n) is 8.69. The van der Waals surface area contributed by atoms with Gasteiger partial charge in [-0.15, -0.1) is 0 Å². The Labute approximate surface area is 148 Å². The van der Waals surface area contributed by atoms with Crippen LogP contribution in [0.1, 0.15) is 30.3 Å². The molecule has 1 aromatic heterocycles. The monoisotopic (exact) mass is 330 g/mol. The van der Waals surface area contributed by atoms with Gasteiger partial charge in [-0.1, -0.05) is 74.0 Å². The van der Waals surface area contributed by atoms with E-state index in [1.165, 1.54) is 0 Å². The van der Waals surface area contributed by atoms with Crippen molar-refractivity contribution >= 4 is 5.91 Å². The third kappa shape index (κ3) is 4.32. The van der Waals surface area contributed by atoms with Crippen LogP contribution in [0.25, 0.3) is 22.4 Å². The zero-order valence-electron chi connectivity index (χ0n) is 14.4. The smallest absolute Gasteiger partial charge is 0.269 e. The lowest BCUT2D eigenvalue weighted by molar-refractivity contribution is 0.0948. The van der Waals surface area contributed by atoms with E-state index in [1.807, 2.05) is 72.8 Å². The summed E-state index contributed by atoms with van der Waals surface area (Å²) in [5.41, 5.74) is 4.33. The molecule has 1 heterocycles. The van der Waals surface area contributed by atoms with E-state index in [9.17, 15) is 4.79 Å². The Kier molecular flexibility index (Phi) is 5.57. The minimum Gasteiger partial charge on any atom is -0.351 e. The molecule has 0 saturated heterocycles. The molecule has 25 heavy (non-hydrogen) atoms. The number of nitrogens with zero attached hydrogens (tertiary/aromatic N) is 1. The number of carbonyl (C=O) groups excluding carboxylic acids is 1. The first kappa shape index (κ1) is 16.9. The van der Waals surface area contributed by atoms with Crippen LogP contribution in [-0.4, -0.2) is 17.4 Å². The molecule has 0 aliphatic rings. The standard InChI is InChI=1S/C22H22N2O/c1-2-3-14-23-22(25)21-16-19(17-10-6-4-7-11-17)15-20(24-21)18-12-8-5-9-13-18/h4-13,15-16H,2-3,14H2,1H3,(H,23,25). The second-order valence-electron chi connectivity index (χ2n) is 5.97. The molecular weight excluding hydrogens is 308 g/mol. The molecule has 1 N–H and O–H groups in total. The number of amides is 1. The Morgan fingerprint density at radius 3 is 2.16 bits per heavy atom. The number of hydrogen-bond acceptors (Lipinski definition) is 2. The molecule has 0 spiro atoms. The van der Waals surface area contributed by atoms with Crippen molar-refractivity contribution in [2.75, 3.05) is 6.54 Å². The normalized spacial score (nSPS) is 10.4. The van der Waals surface area contributed by atoms with E-state index in [0.29, 0.717) is 12.2 Å². The number of nitrogens with one attached hydrogen (secondary N) is 1. The van der Waals surface area contributed by atoms with E-state index >= 15 is 0 Å². The Morgan fingerprint density at radius 2 is 1.52 bits per heavy atom. The Balaban J connectivity index is 2.01. The van der Waals surface area contributed by atoms with Gasteiger partial charge in [-0.2, -0.15) is 0 Å². The summed E-state index contributed by atoms with van der Waals surface area (Å²) >= 11 is 0. The van der Waals surface area contributed by atoms with Crippen LogP contribution < -0.4 is 5.32 Å². The molecule has 0 radical (unpaired) electrons. The van der Waals surface area contributed by atoms with Gasteiger partial charge in [0.25, 0.3) is 5.91 Å². The lowest BCUT2D eigenvalue weighted by Crippen LogP contribution is -2.25. The molecule has 0 aliphatic carbocycles. The van der Waals surface area contributed by atoms with Crippen molar-refractivity contribution in [1.82, 2.24) is 10.3 Å². The third-order valence-electron chi connectivity index (χ3n) is 4.05. The van der Waals surface area contributed by atoms with Crippen LogP contribution in [0.3, 0.4) is 0 Å². The molecule has 0 atom stereocenters. The SMILES string of the molecule is CCCCNC(=O)c1cc(-c2ccccc2)cc(-c2ccccc2)n1. The maximum atomic E-state index is 12.5. The van der Waals surface area contributed by atoms with E-state index in [-0.39, 0.29) is 5.91 Å². The summed E-state index contributed by atoms with van der Waals surface area (Å²) in [5.74, 6) is -0.122. The van der Waals surface area contributed by atoms with Gasteiger partial charge in [-0.25, -0.2) is 4.98 Å². The summed E-state index contributed by atoms with van der Waals surface area (Å²) in [7, 11) is 0. The Bertz CT molecular complexity index is 771. The van der Waals surface area contributed by atoms with Crippen molar-refractivity contribution < 1.29 is 4.79 Å². The van der Waals surface area contributed by atoms with E-state index in [0.717, 1.165) is 35.2 Å². The van der Waals surface area contributed by atoms with E-state index < -0.39 is 0 Å². The maximum absolute atomic E-state index is 12.5. The predicted molar refractivity (Wildman–Crippen MR) is 102 cm³/mol. The van der Waals surface area contributed by atoms with Crippen LogP contribution in [0.4, 0.5) is 0 Å². The molecule has 0 aliphatic heterocycles. The number of benzene rings is 2. The van der Waals surface area contributed by atoms with Gasteiger partial charge in [0.1, 0.15) is 5.69 Å². The van der Waals surface area contributed by atoms with Gasteiger partial charge < -0.3 is 5.32 Å². The van der Waals surface area contributed by atoms with Crippen molar-refractivity contribution in [3.63, 3.8) is 0 Å². The molecule has 0 unspecified atom stereocenters. The zero-order chi connectivity index (χ0) is 17.5. The van der Waals surface area contributed by atoms with Crippen LogP contribution in [0.5, 0.6) is 0 Å². The van der Waals surface area contributed by atoms with E-state index in [1.54, 1.807) is 0 Å². The molecular formula is C22H22N2O. The number of aromatic nitrogens is 1. The number of carbonyl (C=O) groups is 1. The first-order valence-corrected chi connectivity index (χ1v) is 8.69. The lowest BCUT2D eigenvalue weighted by atomic mass is 10.0. The molecule has 0 bridgehead atoms. The van der Waals surface area contributed by atoms with Gasteiger partial charge in [0, 0.05) is 12.1 Å². The van der Waals surface area contributed by atoms with Gasteiger partial charge >= 0.3 is 0 Å². The minimum absolute atomic E-state index is 0.122. The quantitative estimate of drug-likeness (QED) is 0.650. The fraction of sp³-hybridized carbons (Fsp3) is 0.182. The molecule has 3 heteroatoms. The summed E-state index contributed by atoms with van der Waals surface area (Å²) < 4.78 is 0. The molecule has 1 amide bonds. The van der Waals surface area contributed by atoms with Crippen LogP contribution in [-0.2, 0) is 0 Å². The zero-order valence-corrected chi connectivity index (χ0v) is 14.4. The summed E-state index contributed by atoms with van der Waals surface area (Å²) in [6.07, 6.45) is 2.02. The summed E-state index contributed by atoms with van der Waals surface area (Å²) in [4.78, 5) is 17.1. The molecule has 3 nitrogen and oxygen atoms in total. The van der Waals surface area contributed by atoms with Crippen LogP contribution >= 0.6 is 0 Å². The lowest BCUT2D eigenvalue weighted by Gasteiger charge is -2.10. The van der Waals surface area contributed by atoms with Gasteiger partial charge in [0.2, 0.25) is 0 Å². The average molecular weight is 330 g/mol. The van der Waals surface area contributed by atoms with Crippen molar-refractivity contribution in [2.24, 2.45) is 0 Å². The van der Waals surface area contributed by atoms with Gasteiger partial charge in [-0.05, 0) is 29.7 Å². The van der Waals surface area contributed by atoms with Crippen LogP contribution in [0, 0.1) is 0 Å². The van der Waals surface area contributed by atoms with E-state index in [4.69, 9.17) is 0 Å². The largest absolute Gasteiger partial charge is 0.351 e. The predicted octanol–water partition coefficient (Wildman–Crippen LogP) is 4.95. The number of rotatable bonds is 6. The summed E-state index contributed by atoms with van der Waals surface area (Å²) in [5, 5.41) is 2.96. The topological polar surface area (TPSA) is 42.0 Å². The average Bonchev–Trinajstić information content (AvgIpc) is 2.69. The number of hydrogen-bond donors (Lipinski definition) is 1. The Morgan fingerprint density at radius 1 is 0.880 bits per heavy atom. The van der Waals surface area contributed by atoms with Gasteiger partial charge in [0.05, 0.1) is 5.69 Å². The molecule has 2 aromatic carbocycles. The Hall–Kier alpha value is -2.94. The second-order valence-corrected chi connectivity index (χ2v) is 5.97. The second kappa shape index (κ2) is 8.25. The fourth-order valence-corrected chi connectivity index (χ4v) is 2.67.